The Morgan fingerprint density at radius 1 is 1.13 bits per heavy atom. The third-order valence-electron chi connectivity index (χ3n) is 11.3. The number of rotatable bonds is 12. The van der Waals surface area contributed by atoms with Crippen molar-refractivity contribution in [3.63, 3.8) is 0 Å². The van der Waals surface area contributed by atoms with Crippen LogP contribution < -0.4 is 19.5 Å². The second-order valence-electron chi connectivity index (χ2n) is 14.7. The van der Waals surface area contributed by atoms with Gasteiger partial charge in [0.05, 0.1) is 7.11 Å². The van der Waals surface area contributed by atoms with Gasteiger partial charge in [-0.2, -0.15) is 0 Å². The van der Waals surface area contributed by atoms with Crippen molar-refractivity contribution in [3.8, 4) is 17.2 Å². The molecule has 46 heavy (non-hydrogen) atoms. The SMILES string of the molecule is COc1cc(CNC(=O)CCCCC/C=C/C(C)C)ccc1OC(=O)OC1CCC2C3N(C)C[C@]34Cc3cccc5c3C2(C4)[C@@H]1O5. The van der Waals surface area contributed by atoms with E-state index in [-0.39, 0.29) is 29.3 Å². The van der Waals surface area contributed by atoms with Gasteiger partial charge in [-0.05, 0) is 93.2 Å². The molecule has 4 unspecified atom stereocenters. The maximum absolute atomic E-state index is 13.3. The van der Waals surface area contributed by atoms with Crippen LogP contribution in [0.25, 0.3) is 0 Å². The Hall–Kier alpha value is -3.52. The maximum atomic E-state index is 13.3. The molecular formula is C38H48N2O6. The molecule has 0 radical (unpaired) electrons. The highest BCUT2D eigenvalue weighted by molar-refractivity contribution is 5.75. The predicted molar refractivity (Wildman–Crippen MR) is 175 cm³/mol. The van der Waals surface area contributed by atoms with Crippen LogP contribution >= 0.6 is 0 Å². The molecule has 246 valence electrons. The average Bonchev–Trinajstić information content (AvgIpc) is 3.46. The molecule has 1 N–H and O–H groups in total. The molecule has 1 amide bonds. The number of allylic oxidation sites excluding steroid dienone is 2. The summed E-state index contributed by atoms with van der Waals surface area (Å²) in [4.78, 5) is 28.2. The highest BCUT2D eigenvalue weighted by atomic mass is 16.7. The van der Waals surface area contributed by atoms with Gasteiger partial charge in [-0.3, -0.25) is 4.79 Å². The van der Waals surface area contributed by atoms with Crippen molar-refractivity contribution in [2.45, 2.75) is 102 Å². The zero-order valence-electron chi connectivity index (χ0n) is 27.7. The molecule has 2 aromatic carbocycles. The van der Waals surface area contributed by atoms with Crippen LogP contribution in [0, 0.1) is 17.3 Å². The number of hydrogen-bond donors (Lipinski definition) is 1. The second-order valence-corrected chi connectivity index (χ2v) is 14.7. The Labute approximate surface area is 272 Å². The minimum absolute atomic E-state index is 0.0315. The molecule has 6 atom stereocenters. The van der Waals surface area contributed by atoms with Gasteiger partial charge in [0.2, 0.25) is 5.91 Å². The Morgan fingerprint density at radius 3 is 2.80 bits per heavy atom. The number of hydrogen-bond acceptors (Lipinski definition) is 7. The normalized spacial score (nSPS) is 29.9. The third-order valence-corrected chi connectivity index (χ3v) is 11.3. The van der Waals surface area contributed by atoms with E-state index in [1.807, 2.05) is 6.07 Å². The van der Waals surface area contributed by atoms with Crippen LogP contribution in [0.1, 0.15) is 81.9 Å². The zero-order chi connectivity index (χ0) is 32.1. The molecule has 2 aromatic rings. The number of carbonyl (C=O) groups is 2. The summed E-state index contributed by atoms with van der Waals surface area (Å²) in [6.07, 6.45) is 11.7. The summed E-state index contributed by atoms with van der Waals surface area (Å²) in [7, 11) is 3.80. The molecule has 2 spiro atoms. The fourth-order valence-corrected chi connectivity index (χ4v) is 9.82. The van der Waals surface area contributed by atoms with Crippen LogP contribution in [-0.4, -0.2) is 55.9 Å². The van der Waals surface area contributed by atoms with Crippen LogP contribution in [0.4, 0.5) is 4.79 Å². The highest BCUT2D eigenvalue weighted by Gasteiger charge is 2.76. The van der Waals surface area contributed by atoms with Gasteiger partial charge in [-0.25, -0.2) is 4.79 Å². The standard InChI is InChI=1S/C38H48N2O6/c1-24(2)11-8-6-5-7-9-14-32(41)39-21-25-15-17-28(31(19-25)43-4)45-36(42)46-30-18-16-27-34-37(23-40(34)3)20-26-12-10-13-29-33(26)38(27,22-37)35(30)44-29/h8,10-13,15,17,19,24,27,30,34-35H,5-7,9,14,16,18,20-23H2,1-4H3,(H,39,41)/b11-8+/t27?,30?,34?,35-,37-,38?/m1/s1. The van der Waals surface area contributed by atoms with Gasteiger partial charge in [0.25, 0.3) is 0 Å². The fourth-order valence-electron chi connectivity index (χ4n) is 9.82. The number of benzene rings is 2. The van der Waals surface area contributed by atoms with Crippen LogP contribution in [-0.2, 0) is 27.9 Å². The van der Waals surface area contributed by atoms with Crippen molar-refractivity contribution >= 4 is 12.1 Å². The van der Waals surface area contributed by atoms with Gasteiger partial charge < -0.3 is 29.2 Å². The number of unbranched alkanes of at least 4 members (excludes halogenated alkanes) is 3. The summed E-state index contributed by atoms with van der Waals surface area (Å²) in [5.74, 6) is 2.78. The number of ether oxygens (including phenoxy) is 4. The van der Waals surface area contributed by atoms with Crippen LogP contribution in [0.3, 0.4) is 0 Å². The fraction of sp³-hybridized carbons (Fsp3) is 0.579. The Morgan fingerprint density at radius 2 is 2.00 bits per heavy atom. The van der Waals surface area contributed by atoms with Crippen molar-refractivity contribution in [1.82, 2.24) is 10.2 Å². The number of nitrogens with zero attached hydrogens (tertiary/aromatic N) is 1. The summed E-state index contributed by atoms with van der Waals surface area (Å²) in [6, 6.07) is 12.4. The van der Waals surface area contributed by atoms with Crippen molar-refractivity contribution in [2.75, 3.05) is 20.7 Å². The van der Waals surface area contributed by atoms with Crippen molar-refractivity contribution in [3.05, 3.63) is 65.2 Å². The first-order chi connectivity index (χ1) is 22.2. The number of carbonyl (C=O) groups excluding carboxylic acids is 2. The molecule has 8 nitrogen and oxygen atoms in total. The van der Waals surface area contributed by atoms with E-state index in [2.05, 4.69) is 61.5 Å². The van der Waals surface area contributed by atoms with Gasteiger partial charge in [-0.1, -0.05) is 50.6 Å². The van der Waals surface area contributed by atoms with Crippen molar-refractivity contribution in [2.24, 2.45) is 17.3 Å². The smallest absolute Gasteiger partial charge is 0.493 e. The number of amides is 1. The first-order valence-electron chi connectivity index (χ1n) is 17.2. The molecule has 7 rings (SSSR count). The number of methoxy groups -OCH3 is 1. The molecule has 1 saturated heterocycles. The van der Waals surface area contributed by atoms with Gasteiger partial charge in [-0.15, -0.1) is 0 Å². The van der Waals surface area contributed by atoms with Gasteiger partial charge in [0.15, 0.2) is 11.5 Å². The maximum Gasteiger partial charge on any atom is 0.514 e. The number of likely N-dealkylation sites (tertiary alicyclic amines) is 1. The first-order valence-corrected chi connectivity index (χ1v) is 17.2. The molecule has 2 bridgehead atoms. The van der Waals surface area contributed by atoms with E-state index in [0.29, 0.717) is 42.0 Å². The highest BCUT2D eigenvalue weighted by Crippen LogP contribution is 2.73. The van der Waals surface area contributed by atoms with Crippen LogP contribution in [0.5, 0.6) is 17.2 Å². The van der Waals surface area contributed by atoms with E-state index >= 15 is 0 Å². The van der Waals surface area contributed by atoms with Gasteiger partial charge in [0.1, 0.15) is 18.0 Å². The monoisotopic (exact) mass is 628 g/mol. The average molecular weight is 629 g/mol. The summed E-state index contributed by atoms with van der Waals surface area (Å²) in [6.45, 7) is 5.85. The van der Waals surface area contributed by atoms with E-state index < -0.39 is 6.16 Å². The van der Waals surface area contributed by atoms with Crippen molar-refractivity contribution < 1.29 is 28.5 Å². The minimum atomic E-state index is -0.748. The molecule has 0 aromatic heterocycles. The lowest BCUT2D eigenvalue weighted by atomic mass is 9.59. The van der Waals surface area contributed by atoms with E-state index in [9.17, 15) is 9.59 Å². The third kappa shape index (κ3) is 5.26. The Bertz CT molecular complexity index is 1520. The minimum Gasteiger partial charge on any atom is -0.493 e. The molecule has 2 aliphatic heterocycles. The molecule has 2 saturated carbocycles. The van der Waals surface area contributed by atoms with E-state index in [4.69, 9.17) is 18.9 Å². The molecule has 5 aliphatic rings. The molecule has 8 heteroatoms. The second kappa shape index (κ2) is 12.3. The molecule has 3 aliphatic carbocycles. The van der Waals surface area contributed by atoms with E-state index in [1.54, 1.807) is 12.1 Å². The lowest BCUT2D eigenvalue weighted by Crippen LogP contribution is -2.63. The molecule has 2 heterocycles. The van der Waals surface area contributed by atoms with E-state index in [1.165, 1.54) is 18.2 Å². The van der Waals surface area contributed by atoms with Crippen LogP contribution in [0.15, 0.2) is 48.6 Å². The lowest BCUT2D eigenvalue weighted by Gasteiger charge is -2.55. The predicted octanol–water partition coefficient (Wildman–Crippen LogP) is 6.73. The molecular weight excluding hydrogens is 580 g/mol. The van der Waals surface area contributed by atoms with Gasteiger partial charge in [0, 0.05) is 41.9 Å². The first kappa shape index (κ1) is 31.1. The quantitative estimate of drug-likeness (QED) is 0.121. The lowest BCUT2D eigenvalue weighted by molar-refractivity contribution is -0.121. The zero-order valence-corrected chi connectivity index (χ0v) is 27.7. The number of nitrogens with one attached hydrogen (secondary N) is 1. The Balaban J connectivity index is 0.946. The van der Waals surface area contributed by atoms with Crippen molar-refractivity contribution in [1.29, 1.82) is 0 Å². The summed E-state index contributed by atoms with van der Waals surface area (Å²) >= 11 is 0. The summed E-state index contributed by atoms with van der Waals surface area (Å²) < 4.78 is 24.1. The molecule has 3 fully saturated rings. The largest absolute Gasteiger partial charge is 0.514 e. The topological polar surface area (TPSA) is 86.3 Å². The summed E-state index contributed by atoms with van der Waals surface area (Å²) in [5.41, 5.74) is 3.84. The number of fused-ring (bicyclic) bond motifs is 1. The Kier molecular flexibility index (Phi) is 8.28. The van der Waals surface area contributed by atoms with Gasteiger partial charge >= 0.3 is 6.16 Å². The van der Waals surface area contributed by atoms with E-state index in [0.717, 1.165) is 69.2 Å². The summed E-state index contributed by atoms with van der Waals surface area (Å²) in [5, 5.41) is 2.99. The van der Waals surface area contributed by atoms with Crippen LogP contribution in [0.2, 0.25) is 0 Å².